The van der Waals surface area contributed by atoms with Gasteiger partial charge in [0, 0.05) is 12.3 Å². The molecule has 0 radical (unpaired) electrons. The Balaban J connectivity index is 4.36. The first-order valence-corrected chi connectivity index (χ1v) is 5.79. The maximum Gasteiger partial charge on any atom is 0.239 e. The summed E-state index contributed by atoms with van der Waals surface area (Å²) < 4.78 is 0. The van der Waals surface area contributed by atoms with Crippen molar-refractivity contribution in [3.63, 3.8) is 0 Å². The van der Waals surface area contributed by atoms with Crippen molar-refractivity contribution in [2.24, 2.45) is 5.73 Å². The number of nitrogens with two attached hydrogens (primary N) is 1. The summed E-state index contributed by atoms with van der Waals surface area (Å²) in [4.78, 5) is 11.4. The molecule has 0 rings (SSSR count). The second-order valence-corrected chi connectivity index (χ2v) is 3.87. The van der Waals surface area contributed by atoms with Crippen molar-refractivity contribution in [1.29, 1.82) is 0 Å². The maximum atomic E-state index is 11.4. The Morgan fingerprint density at radius 3 is 2.75 bits per heavy atom. The van der Waals surface area contributed by atoms with E-state index in [0.717, 1.165) is 0 Å². The van der Waals surface area contributed by atoms with E-state index >= 15 is 0 Å². The highest BCUT2D eigenvalue weighted by Crippen LogP contribution is 2.05. The molecule has 0 aromatic carbocycles. The Morgan fingerprint density at radius 2 is 2.25 bits per heavy atom. The number of hydrogen-bond acceptors (Lipinski definition) is 4. The highest BCUT2D eigenvalue weighted by atomic mass is 32.1. The van der Waals surface area contributed by atoms with Crippen molar-refractivity contribution in [3.8, 4) is 0 Å². The van der Waals surface area contributed by atoms with Crippen LogP contribution >= 0.6 is 12.6 Å². The second kappa shape index (κ2) is 8.38. The molecule has 0 aliphatic heterocycles. The Bertz CT molecular complexity index is 277. The predicted molar refractivity (Wildman–Crippen MR) is 69.4 cm³/mol. The van der Waals surface area contributed by atoms with E-state index < -0.39 is 12.1 Å². The zero-order valence-electron chi connectivity index (χ0n) is 9.68. The third-order valence-electron chi connectivity index (χ3n) is 2.07. The molecule has 0 saturated carbocycles. The summed E-state index contributed by atoms with van der Waals surface area (Å²) in [6.07, 6.45) is 4.40. The summed E-state index contributed by atoms with van der Waals surface area (Å²) in [5.41, 5.74) is 6.28. The van der Waals surface area contributed by atoms with Gasteiger partial charge in [0.2, 0.25) is 5.91 Å². The van der Waals surface area contributed by atoms with Crippen LogP contribution in [0.2, 0.25) is 0 Å². The lowest BCUT2D eigenvalue weighted by Gasteiger charge is -2.18. The molecule has 0 aliphatic carbocycles. The molecule has 2 unspecified atom stereocenters. The number of carbonyl (C=O) groups is 1. The zero-order chi connectivity index (χ0) is 12.6. The van der Waals surface area contributed by atoms with E-state index in [1.54, 1.807) is 19.1 Å². The molecular weight excluding hydrogens is 224 g/mol. The number of amides is 1. The third kappa shape index (κ3) is 5.34. The summed E-state index contributed by atoms with van der Waals surface area (Å²) in [6, 6.07) is -0.943. The molecule has 1 amide bonds. The Kier molecular flexibility index (Phi) is 7.97. The van der Waals surface area contributed by atoms with E-state index in [4.69, 9.17) is 5.73 Å². The lowest BCUT2D eigenvalue weighted by molar-refractivity contribution is -0.124. The molecule has 0 bridgehead atoms. The zero-order valence-corrected chi connectivity index (χ0v) is 10.6. The van der Waals surface area contributed by atoms with E-state index in [0.29, 0.717) is 17.9 Å². The van der Waals surface area contributed by atoms with E-state index in [1.807, 2.05) is 13.0 Å². The minimum Gasteiger partial charge on any atom is -0.387 e. The molecule has 0 fully saturated rings. The molecular formula is C11H20N2O2S. The molecule has 92 valence electrons. The largest absolute Gasteiger partial charge is 0.387 e. The van der Waals surface area contributed by atoms with Crippen LogP contribution in [0.15, 0.2) is 23.8 Å². The molecule has 5 heteroatoms. The Hall–Kier alpha value is -0.780. The van der Waals surface area contributed by atoms with Crippen molar-refractivity contribution >= 4 is 18.5 Å². The molecule has 16 heavy (non-hydrogen) atoms. The number of nitrogens with one attached hydrogen (secondary N) is 1. The number of carbonyl (C=O) groups excluding carboxylic acids is 1. The lowest BCUT2D eigenvalue weighted by Crippen LogP contribution is -2.49. The summed E-state index contributed by atoms with van der Waals surface area (Å²) in [6.45, 7) is 4.05. The Labute approximate surface area is 102 Å². The smallest absolute Gasteiger partial charge is 0.239 e. The van der Waals surface area contributed by atoms with Gasteiger partial charge in [-0.2, -0.15) is 12.6 Å². The number of aliphatic hydroxyl groups is 1. The summed E-state index contributed by atoms with van der Waals surface area (Å²) >= 11 is 3.96. The van der Waals surface area contributed by atoms with Crippen LogP contribution < -0.4 is 11.1 Å². The van der Waals surface area contributed by atoms with Crippen LogP contribution in [0.4, 0.5) is 0 Å². The van der Waals surface area contributed by atoms with Crippen molar-refractivity contribution in [2.75, 3.05) is 12.3 Å². The van der Waals surface area contributed by atoms with Gasteiger partial charge in [-0.05, 0) is 19.4 Å². The molecule has 4 N–H and O–H groups in total. The molecule has 0 aromatic heterocycles. The van der Waals surface area contributed by atoms with E-state index in [9.17, 15) is 9.90 Å². The maximum absolute atomic E-state index is 11.4. The average Bonchev–Trinajstić information content (AvgIpc) is 2.30. The Morgan fingerprint density at radius 1 is 1.62 bits per heavy atom. The molecule has 2 atom stereocenters. The van der Waals surface area contributed by atoms with Gasteiger partial charge in [0.05, 0.1) is 6.10 Å². The molecule has 0 heterocycles. The van der Waals surface area contributed by atoms with Gasteiger partial charge in [-0.3, -0.25) is 4.79 Å². The van der Waals surface area contributed by atoms with Gasteiger partial charge in [0.1, 0.15) is 6.04 Å². The number of thiol groups is 1. The number of hydrogen-bond donors (Lipinski definition) is 4. The molecule has 0 aliphatic rings. The average molecular weight is 244 g/mol. The van der Waals surface area contributed by atoms with Crippen LogP contribution in [-0.2, 0) is 4.79 Å². The fourth-order valence-electron chi connectivity index (χ4n) is 1.07. The fraction of sp³-hybridized carbons (Fsp3) is 0.545. The summed E-state index contributed by atoms with van der Waals surface area (Å²) in [7, 11) is 0. The lowest BCUT2D eigenvalue weighted by atomic mass is 10.0. The number of aliphatic hydroxyl groups excluding tert-OH is 1. The van der Waals surface area contributed by atoms with Crippen LogP contribution in [0.25, 0.3) is 0 Å². The summed E-state index contributed by atoms with van der Waals surface area (Å²) in [5.74, 6) is 0.178. The van der Waals surface area contributed by atoms with Gasteiger partial charge >= 0.3 is 0 Å². The van der Waals surface area contributed by atoms with Gasteiger partial charge in [0.15, 0.2) is 0 Å². The highest BCUT2D eigenvalue weighted by molar-refractivity contribution is 7.80. The van der Waals surface area contributed by atoms with Crippen molar-refractivity contribution in [2.45, 2.75) is 26.0 Å². The van der Waals surface area contributed by atoms with Crippen LogP contribution in [0.1, 0.15) is 13.8 Å². The van der Waals surface area contributed by atoms with Crippen LogP contribution in [0.3, 0.4) is 0 Å². The minimum absolute atomic E-state index is 0.366. The van der Waals surface area contributed by atoms with Crippen LogP contribution in [0.5, 0.6) is 0 Å². The van der Waals surface area contributed by atoms with Crippen molar-refractivity contribution < 1.29 is 9.90 Å². The topological polar surface area (TPSA) is 75.3 Å². The SMILES string of the molecule is C/C=C\C=C(/C)C(O)C(N)C(=O)NCCS. The van der Waals surface area contributed by atoms with Crippen LogP contribution in [-0.4, -0.2) is 35.5 Å². The quantitative estimate of drug-likeness (QED) is 0.399. The molecule has 0 aromatic rings. The van der Waals surface area contributed by atoms with Crippen LogP contribution in [0, 0.1) is 0 Å². The highest BCUT2D eigenvalue weighted by Gasteiger charge is 2.22. The number of allylic oxidation sites excluding steroid dienone is 3. The normalized spacial score (nSPS) is 16.2. The number of rotatable bonds is 6. The van der Waals surface area contributed by atoms with Gasteiger partial charge in [-0.1, -0.05) is 18.2 Å². The standard InChI is InChI=1S/C11H20N2O2S/c1-3-4-5-8(2)10(14)9(12)11(15)13-6-7-16/h3-5,9-10,14,16H,6-7,12H2,1-2H3,(H,13,15)/b4-3-,8-5+. The third-order valence-corrected chi connectivity index (χ3v) is 2.30. The predicted octanol–water partition coefficient (Wildman–Crippen LogP) is 0.243. The van der Waals surface area contributed by atoms with Gasteiger partial charge in [-0.15, -0.1) is 0 Å². The van der Waals surface area contributed by atoms with Crippen molar-refractivity contribution in [3.05, 3.63) is 23.8 Å². The first-order valence-electron chi connectivity index (χ1n) is 5.16. The minimum atomic E-state index is -0.962. The fourth-order valence-corrected chi connectivity index (χ4v) is 1.18. The molecule has 0 spiro atoms. The second-order valence-electron chi connectivity index (χ2n) is 3.42. The van der Waals surface area contributed by atoms with Gasteiger partial charge in [0.25, 0.3) is 0 Å². The van der Waals surface area contributed by atoms with Gasteiger partial charge in [-0.25, -0.2) is 0 Å². The summed E-state index contributed by atoms with van der Waals surface area (Å²) in [5, 5.41) is 12.4. The monoisotopic (exact) mass is 244 g/mol. The van der Waals surface area contributed by atoms with E-state index in [-0.39, 0.29) is 5.91 Å². The van der Waals surface area contributed by atoms with E-state index in [1.165, 1.54) is 0 Å². The van der Waals surface area contributed by atoms with Gasteiger partial charge < -0.3 is 16.2 Å². The van der Waals surface area contributed by atoms with E-state index in [2.05, 4.69) is 17.9 Å². The van der Waals surface area contributed by atoms with Crippen molar-refractivity contribution in [1.82, 2.24) is 5.32 Å². The molecule has 0 saturated heterocycles. The first kappa shape index (κ1) is 15.2. The first-order chi connectivity index (χ1) is 7.54. The molecule has 4 nitrogen and oxygen atoms in total.